The van der Waals surface area contributed by atoms with Gasteiger partial charge in [-0.25, -0.2) is 4.79 Å². The molecule has 1 fully saturated rings. The number of hydrogen-bond acceptors (Lipinski definition) is 5. The molecule has 0 amide bonds. The number of fused-ring (bicyclic) bond motifs is 1. The van der Waals surface area contributed by atoms with Gasteiger partial charge in [-0.15, -0.1) is 37.2 Å². The van der Waals surface area contributed by atoms with Crippen LogP contribution in [0.5, 0.6) is 5.75 Å². The number of aryl methyl sites for hydroxylation is 1. The van der Waals surface area contributed by atoms with Crippen LogP contribution in [0.3, 0.4) is 0 Å². The van der Waals surface area contributed by atoms with Crippen molar-refractivity contribution in [2.24, 2.45) is 7.05 Å². The molecule has 182 valence electrons. The van der Waals surface area contributed by atoms with E-state index in [0.717, 1.165) is 42.7 Å². The van der Waals surface area contributed by atoms with Gasteiger partial charge in [0.15, 0.2) is 0 Å². The Balaban J connectivity index is 0.00000181. The van der Waals surface area contributed by atoms with Crippen molar-refractivity contribution in [2.45, 2.75) is 25.9 Å². The SMILES string of the molecule is CN(C)Cc1c(C(=O)O)c2c(CN3CCCC3)c(O)c(-c3cccnc3)cc2n1C.Cl.Cl.Cl. The summed E-state index contributed by atoms with van der Waals surface area (Å²) in [5.41, 5.74) is 4.00. The maximum Gasteiger partial charge on any atom is 0.338 e. The second-order valence-corrected chi connectivity index (χ2v) is 8.29. The third kappa shape index (κ3) is 5.55. The van der Waals surface area contributed by atoms with Crippen LogP contribution in [-0.2, 0) is 20.1 Å². The largest absolute Gasteiger partial charge is 0.507 e. The Hall–Kier alpha value is -2.03. The van der Waals surface area contributed by atoms with Crippen LogP contribution < -0.4 is 0 Å². The number of halogens is 3. The third-order valence-corrected chi connectivity index (χ3v) is 5.92. The van der Waals surface area contributed by atoms with Gasteiger partial charge in [0.25, 0.3) is 0 Å². The van der Waals surface area contributed by atoms with E-state index in [-0.39, 0.29) is 48.5 Å². The van der Waals surface area contributed by atoms with Crippen LogP contribution >= 0.6 is 37.2 Å². The molecule has 7 nitrogen and oxygen atoms in total. The molecule has 3 aromatic rings. The summed E-state index contributed by atoms with van der Waals surface area (Å²) in [4.78, 5) is 20.8. The lowest BCUT2D eigenvalue weighted by Crippen LogP contribution is -2.19. The number of carboxylic acid groups (broad SMARTS) is 1. The summed E-state index contributed by atoms with van der Waals surface area (Å²) in [6.07, 6.45) is 5.67. The number of nitrogens with zero attached hydrogens (tertiary/aromatic N) is 4. The number of benzene rings is 1. The summed E-state index contributed by atoms with van der Waals surface area (Å²) in [5.74, 6) is -0.819. The fourth-order valence-electron chi connectivity index (χ4n) is 4.49. The number of aromatic hydroxyl groups is 1. The topological polar surface area (TPSA) is 81.8 Å². The molecule has 4 rings (SSSR count). The van der Waals surface area contributed by atoms with Crippen molar-refractivity contribution in [2.75, 3.05) is 27.2 Å². The Bertz CT molecular complexity index is 1100. The van der Waals surface area contributed by atoms with Gasteiger partial charge in [-0.1, -0.05) is 6.07 Å². The number of likely N-dealkylation sites (tertiary alicyclic amines) is 1. The zero-order valence-corrected chi connectivity index (χ0v) is 21.4. The van der Waals surface area contributed by atoms with Gasteiger partial charge in [-0.2, -0.15) is 0 Å². The molecule has 0 aliphatic carbocycles. The van der Waals surface area contributed by atoms with Crippen molar-refractivity contribution in [3.8, 4) is 16.9 Å². The molecule has 1 aliphatic rings. The minimum absolute atomic E-state index is 0. The molecule has 0 radical (unpaired) electrons. The highest BCUT2D eigenvalue weighted by Gasteiger charge is 2.28. The molecule has 0 unspecified atom stereocenters. The summed E-state index contributed by atoms with van der Waals surface area (Å²) in [6, 6.07) is 5.64. The van der Waals surface area contributed by atoms with Crippen molar-refractivity contribution in [3.05, 3.63) is 47.4 Å². The highest BCUT2D eigenvalue weighted by atomic mass is 35.5. The average molecular weight is 518 g/mol. The average Bonchev–Trinajstić information content (AvgIpc) is 3.31. The molecule has 33 heavy (non-hydrogen) atoms. The van der Waals surface area contributed by atoms with E-state index in [1.165, 1.54) is 0 Å². The van der Waals surface area contributed by atoms with Crippen LogP contribution in [-0.4, -0.2) is 62.7 Å². The molecule has 2 aromatic heterocycles. The number of aromatic carboxylic acids is 1. The summed E-state index contributed by atoms with van der Waals surface area (Å²) in [6.45, 7) is 2.94. The summed E-state index contributed by atoms with van der Waals surface area (Å²) < 4.78 is 1.95. The number of carbonyl (C=O) groups is 1. The number of carboxylic acids is 1. The Morgan fingerprint density at radius 2 is 1.85 bits per heavy atom. The van der Waals surface area contributed by atoms with Crippen LogP contribution in [0, 0.1) is 0 Å². The number of pyridine rings is 1. The summed E-state index contributed by atoms with van der Waals surface area (Å²) in [5, 5.41) is 22.1. The maximum atomic E-state index is 12.3. The molecule has 0 atom stereocenters. The number of hydrogen-bond donors (Lipinski definition) is 2. The molecule has 2 N–H and O–H groups in total. The molecular weight excluding hydrogens is 487 g/mol. The number of rotatable bonds is 6. The standard InChI is InChI=1S/C23H28N4O3.3ClH/c1-25(2)14-19-21(23(29)30)20-17(13-27-9-4-5-10-27)22(28)16(11-18(20)26(19)3)15-7-6-8-24-12-15;;;/h6-8,11-12,28H,4-5,9-10,13-14H2,1-3H3,(H,29,30);3*1H. The maximum absolute atomic E-state index is 12.3. The molecule has 0 spiro atoms. The first-order chi connectivity index (χ1) is 14.4. The first kappa shape index (κ1) is 29.0. The van der Waals surface area contributed by atoms with Gasteiger partial charge in [0.1, 0.15) is 5.75 Å². The molecule has 3 heterocycles. The fraction of sp³-hybridized carbons (Fsp3) is 0.391. The first-order valence-corrected chi connectivity index (χ1v) is 10.2. The Morgan fingerprint density at radius 1 is 1.18 bits per heavy atom. The lowest BCUT2D eigenvalue weighted by molar-refractivity contribution is 0.0696. The smallest absolute Gasteiger partial charge is 0.338 e. The van der Waals surface area contributed by atoms with Crippen molar-refractivity contribution in [1.82, 2.24) is 19.4 Å². The molecule has 0 saturated carbocycles. The van der Waals surface area contributed by atoms with E-state index in [4.69, 9.17) is 0 Å². The molecule has 1 saturated heterocycles. The second-order valence-electron chi connectivity index (χ2n) is 8.29. The Labute approximate surface area is 212 Å². The van der Waals surface area contributed by atoms with Gasteiger partial charge in [-0.3, -0.25) is 9.88 Å². The van der Waals surface area contributed by atoms with Gasteiger partial charge < -0.3 is 19.7 Å². The van der Waals surface area contributed by atoms with Crippen molar-refractivity contribution >= 4 is 54.1 Å². The van der Waals surface area contributed by atoms with E-state index >= 15 is 0 Å². The van der Waals surface area contributed by atoms with Crippen LogP contribution in [0.2, 0.25) is 0 Å². The quantitative estimate of drug-likeness (QED) is 0.499. The van der Waals surface area contributed by atoms with E-state index in [1.807, 2.05) is 48.8 Å². The minimum atomic E-state index is -0.964. The first-order valence-electron chi connectivity index (χ1n) is 10.2. The Morgan fingerprint density at radius 3 is 2.39 bits per heavy atom. The number of aromatic nitrogens is 2. The van der Waals surface area contributed by atoms with Gasteiger partial charge >= 0.3 is 5.97 Å². The normalized spacial score (nSPS) is 13.5. The number of phenols is 1. The van der Waals surface area contributed by atoms with E-state index < -0.39 is 5.97 Å². The highest BCUT2D eigenvalue weighted by Crippen LogP contribution is 2.42. The van der Waals surface area contributed by atoms with Gasteiger partial charge in [0, 0.05) is 60.3 Å². The van der Waals surface area contributed by atoms with E-state index in [9.17, 15) is 15.0 Å². The zero-order valence-electron chi connectivity index (χ0n) is 18.9. The number of phenolic OH excluding ortho intramolecular Hbond substituents is 1. The third-order valence-electron chi connectivity index (χ3n) is 5.92. The van der Waals surface area contributed by atoms with Crippen molar-refractivity contribution < 1.29 is 15.0 Å². The van der Waals surface area contributed by atoms with Gasteiger partial charge in [-0.05, 0) is 52.2 Å². The lowest BCUT2D eigenvalue weighted by Gasteiger charge is -2.19. The molecule has 1 aliphatic heterocycles. The van der Waals surface area contributed by atoms with Crippen LogP contribution in [0.4, 0.5) is 0 Å². The summed E-state index contributed by atoms with van der Waals surface area (Å²) in [7, 11) is 5.75. The molecule has 10 heteroatoms. The minimum Gasteiger partial charge on any atom is -0.507 e. The highest BCUT2D eigenvalue weighted by molar-refractivity contribution is 6.08. The lowest BCUT2D eigenvalue weighted by atomic mass is 9.96. The van der Waals surface area contributed by atoms with Crippen molar-refractivity contribution in [1.29, 1.82) is 0 Å². The van der Waals surface area contributed by atoms with Crippen LogP contribution in [0.25, 0.3) is 22.0 Å². The van der Waals surface area contributed by atoms with E-state index in [1.54, 1.807) is 12.4 Å². The van der Waals surface area contributed by atoms with Gasteiger partial charge in [0.2, 0.25) is 0 Å². The van der Waals surface area contributed by atoms with E-state index in [0.29, 0.717) is 29.6 Å². The monoisotopic (exact) mass is 516 g/mol. The predicted octanol–water partition coefficient (Wildman–Crippen LogP) is 4.57. The predicted molar refractivity (Wildman–Crippen MR) is 138 cm³/mol. The van der Waals surface area contributed by atoms with Crippen LogP contribution in [0.1, 0.15) is 34.5 Å². The zero-order chi connectivity index (χ0) is 21.4. The molecule has 0 bridgehead atoms. The Kier molecular flexibility index (Phi) is 10.5. The van der Waals surface area contributed by atoms with E-state index in [2.05, 4.69) is 9.88 Å². The molecule has 1 aromatic carbocycles. The summed E-state index contributed by atoms with van der Waals surface area (Å²) >= 11 is 0. The van der Waals surface area contributed by atoms with Crippen molar-refractivity contribution in [3.63, 3.8) is 0 Å². The van der Waals surface area contributed by atoms with Crippen LogP contribution in [0.15, 0.2) is 30.6 Å². The molecular formula is C23H31Cl3N4O3. The fourth-order valence-corrected chi connectivity index (χ4v) is 4.49. The van der Waals surface area contributed by atoms with Gasteiger partial charge in [0.05, 0.1) is 11.1 Å². The second kappa shape index (κ2) is 11.9.